The molecule has 0 spiro atoms. The summed E-state index contributed by atoms with van der Waals surface area (Å²) in [5, 5.41) is 3.26. The molecule has 0 fully saturated rings. The minimum absolute atomic E-state index is 0.207. The molecule has 0 radical (unpaired) electrons. The molecule has 2 aromatic rings. The summed E-state index contributed by atoms with van der Waals surface area (Å²) >= 11 is 18.2. The fourth-order valence-electron chi connectivity index (χ4n) is 2.45. The lowest BCUT2D eigenvalue weighted by molar-refractivity contribution is -0.116. The highest BCUT2D eigenvalue weighted by molar-refractivity contribution is 7.92. The number of halogens is 3. The molecule has 0 unspecified atom stereocenters. The van der Waals surface area contributed by atoms with Gasteiger partial charge in [0.25, 0.3) is 0 Å². The first-order valence-corrected chi connectivity index (χ1v) is 10.6. The number of amides is 1. The average molecular weight is 452 g/mol. The van der Waals surface area contributed by atoms with E-state index in [0.29, 0.717) is 5.75 Å². The summed E-state index contributed by atoms with van der Waals surface area (Å²) in [5.74, 6) is -0.226. The van der Waals surface area contributed by atoms with Gasteiger partial charge in [0, 0.05) is 0 Å². The number of nitrogens with one attached hydrogen (secondary N) is 1. The van der Waals surface area contributed by atoms with Crippen LogP contribution in [0.4, 0.5) is 11.4 Å². The molecule has 0 saturated heterocycles. The van der Waals surface area contributed by atoms with Gasteiger partial charge in [-0.15, -0.1) is 0 Å². The van der Waals surface area contributed by atoms with Crippen LogP contribution in [-0.2, 0) is 14.8 Å². The molecule has 2 aromatic carbocycles. The van der Waals surface area contributed by atoms with Crippen LogP contribution in [0.15, 0.2) is 36.4 Å². The van der Waals surface area contributed by atoms with Crippen LogP contribution in [0.5, 0.6) is 5.75 Å². The summed E-state index contributed by atoms with van der Waals surface area (Å²) < 4.78 is 30.7. The maximum absolute atomic E-state index is 12.7. The second-order valence-corrected chi connectivity index (χ2v) is 8.72. The Hall–Kier alpha value is -1.67. The van der Waals surface area contributed by atoms with Gasteiger partial charge in [-0.3, -0.25) is 9.10 Å². The molecule has 0 aliphatic carbocycles. The third-order valence-corrected chi connectivity index (χ3v) is 5.86. The van der Waals surface area contributed by atoms with E-state index in [1.807, 2.05) is 0 Å². The number of ether oxygens (including phenoxy) is 1. The molecule has 0 saturated carbocycles. The van der Waals surface area contributed by atoms with Gasteiger partial charge in [0.05, 0.1) is 39.8 Å². The fourth-order valence-corrected chi connectivity index (χ4v) is 4.36. The number of rotatable bonds is 6. The molecule has 6 nitrogen and oxygen atoms in total. The zero-order valence-electron chi connectivity index (χ0n) is 14.7. The summed E-state index contributed by atoms with van der Waals surface area (Å²) in [6.07, 6.45) is 0.997. The molecule has 0 aromatic heterocycles. The minimum Gasteiger partial charge on any atom is -0.495 e. The van der Waals surface area contributed by atoms with Crippen LogP contribution >= 0.6 is 34.8 Å². The van der Waals surface area contributed by atoms with Crippen molar-refractivity contribution in [2.45, 2.75) is 13.0 Å². The van der Waals surface area contributed by atoms with Crippen molar-refractivity contribution < 1.29 is 17.9 Å². The van der Waals surface area contributed by atoms with Gasteiger partial charge in [0.15, 0.2) is 0 Å². The molecule has 1 N–H and O–H groups in total. The number of benzene rings is 2. The fraction of sp³-hybridized carbons (Fsp3) is 0.235. The average Bonchev–Trinajstić information content (AvgIpc) is 2.57. The molecule has 0 bridgehead atoms. The molecular formula is C17H17Cl3N2O4S. The number of nitrogens with zero attached hydrogens (tertiary/aromatic N) is 1. The second-order valence-electron chi connectivity index (χ2n) is 5.64. The number of anilines is 2. The highest BCUT2D eigenvalue weighted by Gasteiger charge is 2.30. The SMILES string of the molecule is COc1ccc(N([C@H](C)C(=O)Nc2c(Cl)cccc2Cl)S(C)(=O)=O)cc1Cl. The number of carbonyl (C=O) groups excluding carboxylic acids is 1. The van der Waals surface area contributed by atoms with E-state index < -0.39 is 22.0 Å². The molecule has 0 aliphatic heterocycles. The molecular weight excluding hydrogens is 435 g/mol. The van der Waals surface area contributed by atoms with E-state index in [4.69, 9.17) is 39.5 Å². The maximum Gasteiger partial charge on any atom is 0.248 e. The Morgan fingerprint density at radius 1 is 1.11 bits per heavy atom. The van der Waals surface area contributed by atoms with Gasteiger partial charge >= 0.3 is 0 Å². The van der Waals surface area contributed by atoms with Crippen LogP contribution in [0.3, 0.4) is 0 Å². The van der Waals surface area contributed by atoms with Crippen molar-refractivity contribution in [2.75, 3.05) is 23.0 Å². The maximum atomic E-state index is 12.7. The quantitative estimate of drug-likeness (QED) is 0.704. The molecule has 2 rings (SSSR count). The number of methoxy groups -OCH3 is 1. The van der Waals surface area contributed by atoms with E-state index in [-0.39, 0.29) is 26.4 Å². The first-order valence-electron chi connectivity index (χ1n) is 7.64. The van der Waals surface area contributed by atoms with E-state index in [2.05, 4.69) is 5.32 Å². The van der Waals surface area contributed by atoms with Crippen LogP contribution in [-0.4, -0.2) is 33.7 Å². The van der Waals surface area contributed by atoms with Gasteiger partial charge in [-0.2, -0.15) is 0 Å². The van der Waals surface area contributed by atoms with Crippen molar-refractivity contribution >= 4 is 62.1 Å². The predicted octanol–water partition coefficient (Wildman–Crippen LogP) is 4.45. The number of hydrogen-bond acceptors (Lipinski definition) is 4. The summed E-state index contributed by atoms with van der Waals surface area (Å²) in [6, 6.07) is 8.08. The van der Waals surface area contributed by atoms with E-state index >= 15 is 0 Å². The first kappa shape index (κ1) is 21.6. The van der Waals surface area contributed by atoms with E-state index in [1.165, 1.54) is 32.2 Å². The van der Waals surface area contributed by atoms with E-state index in [9.17, 15) is 13.2 Å². The van der Waals surface area contributed by atoms with E-state index in [1.54, 1.807) is 18.2 Å². The van der Waals surface area contributed by atoms with Crippen LogP contribution in [0.1, 0.15) is 6.92 Å². The topological polar surface area (TPSA) is 75.7 Å². The molecule has 0 aliphatic rings. The van der Waals surface area contributed by atoms with Crippen LogP contribution in [0.25, 0.3) is 0 Å². The number of hydrogen-bond donors (Lipinski definition) is 1. The van der Waals surface area contributed by atoms with Crippen molar-refractivity contribution in [1.82, 2.24) is 0 Å². The van der Waals surface area contributed by atoms with Gasteiger partial charge in [-0.05, 0) is 37.3 Å². The molecule has 146 valence electrons. The van der Waals surface area contributed by atoms with Crippen molar-refractivity contribution in [2.24, 2.45) is 0 Å². The highest BCUT2D eigenvalue weighted by atomic mass is 35.5. The lowest BCUT2D eigenvalue weighted by Gasteiger charge is -2.28. The Bertz CT molecular complexity index is 946. The molecule has 1 atom stereocenters. The highest BCUT2D eigenvalue weighted by Crippen LogP contribution is 2.33. The van der Waals surface area contributed by atoms with Crippen molar-refractivity contribution in [3.63, 3.8) is 0 Å². The van der Waals surface area contributed by atoms with Crippen LogP contribution in [0.2, 0.25) is 15.1 Å². The summed E-state index contributed by atoms with van der Waals surface area (Å²) in [7, 11) is -2.36. The lowest BCUT2D eigenvalue weighted by Crippen LogP contribution is -2.45. The Morgan fingerprint density at radius 2 is 1.70 bits per heavy atom. The van der Waals surface area contributed by atoms with Gasteiger partial charge < -0.3 is 10.1 Å². The largest absolute Gasteiger partial charge is 0.495 e. The van der Waals surface area contributed by atoms with Crippen LogP contribution < -0.4 is 14.4 Å². The number of sulfonamides is 1. The minimum atomic E-state index is -3.80. The molecule has 10 heteroatoms. The Kier molecular flexibility index (Phi) is 6.86. The van der Waals surface area contributed by atoms with Gasteiger partial charge in [0.1, 0.15) is 11.8 Å². The zero-order valence-corrected chi connectivity index (χ0v) is 17.7. The number of para-hydroxylation sites is 1. The first-order chi connectivity index (χ1) is 12.6. The summed E-state index contributed by atoms with van der Waals surface area (Å²) in [4.78, 5) is 12.7. The third-order valence-electron chi connectivity index (χ3n) is 3.69. The van der Waals surface area contributed by atoms with Crippen LogP contribution in [0, 0.1) is 0 Å². The smallest absolute Gasteiger partial charge is 0.248 e. The standard InChI is InChI=1S/C17H17Cl3N2O4S/c1-10(17(23)21-16-12(18)5-4-6-13(16)19)22(27(3,24)25)11-7-8-15(26-2)14(20)9-11/h4-10H,1-3H3,(H,21,23)/t10-/m1/s1. The Balaban J connectivity index is 2.39. The third kappa shape index (κ3) is 4.99. The Morgan fingerprint density at radius 3 is 2.19 bits per heavy atom. The second kappa shape index (κ2) is 8.56. The van der Waals surface area contributed by atoms with Gasteiger partial charge in [-0.1, -0.05) is 40.9 Å². The Labute approximate surface area is 173 Å². The summed E-state index contributed by atoms with van der Waals surface area (Å²) in [6.45, 7) is 1.44. The van der Waals surface area contributed by atoms with E-state index in [0.717, 1.165) is 10.6 Å². The zero-order chi connectivity index (χ0) is 20.4. The summed E-state index contributed by atoms with van der Waals surface area (Å²) in [5.41, 5.74) is 0.426. The number of carbonyl (C=O) groups is 1. The predicted molar refractivity (Wildman–Crippen MR) is 110 cm³/mol. The normalized spacial score (nSPS) is 12.4. The van der Waals surface area contributed by atoms with Crippen molar-refractivity contribution in [3.05, 3.63) is 51.5 Å². The van der Waals surface area contributed by atoms with Gasteiger partial charge in [0.2, 0.25) is 15.9 Å². The van der Waals surface area contributed by atoms with Gasteiger partial charge in [-0.25, -0.2) is 8.42 Å². The lowest BCUT2D eigenvalue weighted by atomic mass is 10.2. The molecule has 1 amide bonds. The molecule has 27 heavy (non-hydrogen) atoms. The van der Waals surface area contributed by atoms with Crippen molar-refractivity contribution in [1.29, 1.82) is 0 Å². The monoisotopic (exact) mass is 450 g/mol. The molecule has 0 heterocycles. The van der Waals surface area contributed by atoms with Crippen molar-refractivity contribution in [3.8, 4) is 5.75 Å².